The number of sulfonamides is 1. The summed E-state index contributed by atoms with van der Waals surface area (Å²) in [6, 6.07) is 27.0. The van der Waals surface area contributed by atoms with E-state index in [0.29, 0.717) is 11.5 Å². The molecule has 0 saturated carbocycles. The molecule has 2 heterocycles. The maximum atomic E-state index is 13.5. The van der Waals surface area contributed by atoms with E-state index in [2.05, 4.69) is 20.6 Å². The highest BCUT2D eigenvalue weighted by Gasteiger charge is 2.26. The Labute approximate surface area is 209 Å². The van der Waals surface area contributed by atoms with Gasteiger partial charge in [0.05, 0.1) is 12.2 Å². The number of hydrogen-bond donors (Lipinski definition) is 3. The Morgan fingerprint density at radius 2 is 1.56 bits per heavy atom. The average Bonchev–Trinajstić information content (AvgIpc) is 2.89. The first-order valence-corrected chi connectivity index (χ1v) is 12.6. The normalized spacial score (nSPS) is 11.2. The molecule has 0 spiro atoms. The van der Waals surface area contributed by atoms with Crippen molar-refractivity contribution < 1.29 is 18.3 Å². The Bertz CT molecular complexity index is 1400. The van der Waals surface area contributed by atoms with Crippen molar-refractivity contribution in [2.45, 2.75) is 18.1 Å². The highest BCUT2D eigenvalue weighted by Crippen LogP contribution is 2.22. The smallest absolute Gasteiger partial charge is 0.322 e. The van der Waals surface area contributed by atoms with Crippen molar-refractivity contribution in [3.05, 3.63) is 108 Å². The van der Waals surface area contributed by atoms with Crippen LogP contribution >= 0.6 is 0 Å². The number of hydrogen-bond acceptors (Lipinski definition) is 7. The average molecular weight is 504 g/mol. The van der Waals surface area contributed by atoms with E-state index in [4.69, 9.17) is 5.11 Å². The van der Waals surface area contributed by atoms with Gasteiger partial charge in [0.25, 0.3) is 10.0 Å². The summed E-state index contributed by atoms with van der Waals surface area (Å²) in [5.74, 6) is -0.673. The Hall–Kier alpha value is -4.28. The van der Waals surface area contributed by atoms with E-state index < -0.39 is 16.0 Å². The van der Waals surface area contributed by atoms with Gasteiger partial charge in [0, 0.05) is 24.1 Å². The number of nitrogens with one attached hydrogen (secondary N) is 2. The van der Waals surface area contributed by atoms with E-state index in [1.807, 2.05) is 54.6 Å². The lowest BCUT2D eigenvalue weighted by molar-refractivity contribution is -0.134. The van der Waals surface area contributed by atoms with E-state index in [0.717, 1.165) is 16.9 Å². The number of rotatable bonds is 11. The molecule has 2 aromatic heterocycles. The SMILES string of the molecule is O=C(O)CNc1cccc(CN(Cc2ccc(Nc3ccccc3)cc2)S(=O)(=O)c2ccccn2)n1. The highest BCUT2D eigenvalue weighted by atomic mass is 32.2. The molecule has 4 aromatic rings. The molecule has 3 N–H and O–H groups in total. The van der Waals surface area contributed by atoms with Crippen LogP contribution in [0.25, 0.3) is 0 Å². The van der Waals surface area contributed by atoms with Gasteiger partial charge in [0.1, 0.15) is 12.4 Å². The zero-order valence-corrected chi connectivity index (χ0v) is 20.1. The molecule has 184 valence electrons. The fraction of sp³-hybridized carbons (Fsp3) is 0.115. The maximum absolute atomic E-state index is 13.5. The van der Waals surface area contributed by atoms with Crippen LogP contribution in [0.3, 0.4) is 0 Å². The van der Waals surface area contributed by atoms with Gasteiger partial charge in [-0.3, -0.25) is 4.79 Å². The molecule has 0 atom stereocenters. The predicted molar refractivity (Wildman–Crippen MR) is 137 cm³/mol. The molecule has 0 aliphatic rings. The lowest BCUT2D eigenvalue weighted by atomic mass is 10.2. The second-order valence-electron chi connectivity index (χ2n) is 7.89. The lowest BCUT2D eigenvalue weighted by Gasteiger charge is -2.22. The lowest BCUT2D eigenvalue weighted by Crippen LogP contribution is -2.31. The fourth-order valence-corrected chi connectivity index (χ4v) is 4.79. The molecule has 9 nitrogen and oxygen atoms in total. The number of para-hydroxylation sites is 1. The van der Waals surface area contributed by atoms with Gasteiger partial charge in [-0.15, -0.1) is 0 Å². The number of carboxylic acid groups (broad SMARTS) is 1. The van der Waals surface area contributed by atoms with Crippen LogP contribution in [-0.2, 0) is 27.9 Å². The van der Waals surface area contributed by atoms with Crippen molar-refractivity contribution in [1.29, 1.82) is 0 Å². The monoisotopic (exact) mass is 503 g/mol. The molecule has 10 heteroatoms. The minimum atomic E-state index is -3.94. The molecule has 0 aliphatic heterocycles. The van der Waals surface area contributed by atoms with Crippen LogP contribution in [0.1, 0.15) is 11.3 Å². The Balaban J connectivity index is 1.57. The number of anilines is 3. The number of benzene rings is 2. The summed E-state index contributed by atoms with van der Waals surface area (Å²) in [5.41, 5.74) is 3.08. The van der Waals surface area contributed by atoms with E-state index in [-0.39, 0.29) is 24.7 Å². The highest BCUT2D eigenvalue weighted by molar-refractivity contribution is 7.89. The molecule has 0 amide bonds. The molecule has 2 aromatic carbocycles. The summed E-state index contributed by atoms with van der Waals surface area (Å²) in [6.45, 7) is -0.222. The fourth-order valence-electron chi connectivity index (χ4n) is 3.46. The van der Waals surface area contributed by atoms with Gasteiger partial charge in [0.2, 0.25) is 0 Å². The van der Waals surface area contributed by atoms with E-state index in [9.17, 15) is 13.2 Å². The van der Waals surface area contributed by atoms with Gasteiger partial charge in [-0.2, -0.15) is 4.31 Å². The molecule has 36 heavy (non-hydrogen) atoms. The molecule has 0 saturated heterocycles. The molecular weight excluding hydrogens is 478 g/mol. The van der Waals surface area contributed by atoms with Gasteiger partial charge in [-0.05, 0) is 54.1 Å². The maximum Gasteiger partial charge on any atom is 0.322 e. The molecule has 0 unspecified atom stereocenters. The van der Waals surface area contributed by atoms with Crippen molar-refractivity contribution in [3.63, 3.8) is 0 Å². The van der Waals surface area contributed by atoms with Crippen LogP contribution in [-0.4, -0.2) is 40.3 Å². The number of carbonyl (C=O) groups is 1. The van der Waals surface area contributed by atoms with E-state index >= 15 is 0 Å². The molecule has 0 aliphatic carbocycles. The van der Waals surface area contributed by atoms with E-state index in [1.54, 1.807) is 30.3 Å². The first-order valence-electron chi connectivity index (χ1n) is 11.1. The van der Waals surface area contributed by atoms with Crippen LogP contribution in [0.2, 0.25) is 0 Å². The zero-order valence-electron chi connectivity index (χ0n) is 19.3. The molecule has 0 radical (unpaired) electrons. The third kappa shape index (κ3) is 6.65. The first kappa shape index (κ1) is 24.8. The molecule has 0 fully saturated rings. The molecule has 0 bridgehead atoms. The third-order valence-corrected chi connectivity index (χ3v) is 6.89. The zero-order chi connectivity index (χ0) is 25.4. The third-order valence-electron chi connectivity index (χ3n) is 5.18. The number of pyridine rings is 2. The van der Waals surface area contributed by atoms with Gasteiger partial charge >= 0.3 is 5.97 Å². The molecule has 4 rings (SSSR count). The second kappa shape index (κ2) is 11.4. The van der Waals surface area contributed by atoms with Crippen LogP contribution in [0.15, 0.2) is 102 Å². The Morgan fingerprint density at radius 1 is 0.833 bits per heavy atom. The first-order chi connectivity index (χ1) is 17.4. The summed E-state index contributed by atoms with van der Waals surface area (Å²) in [7, 11) is -3.94. The van der Waals surface area contributed by atoms with Crippen molar-refractivity contribution in [3.8, 4) is 0 Å². The number of nitrogens with zero attached hydrogens (tertiary/aromatic N) is 3. The van der Waals surface area contributed by atoms with Crippen molar-refractivity contribution in [2.24, 2.45) is 0 Å². The topological polar surface area (TPSA) is 125 Å². The number of aliphatic carboxylic acids is 1. The van der Waals surface area contributed by atoms with Crippen molar-refractivity contribution >= 4 is 33.2 Å². The minimum Gasteiger partial charge on any atom is -0.480 e. The van der Waals surface area contributed by atoms with Gasteiger partial charge in [-0.1, -0.05) is 42.5 Å². The summed E-state index contributed by atoms with van der Waals surface area (Å²) in [6.07, 6.45) is 1.43. The van der Waals surface area contributed by atoms with E-state index in [1.165, 1.54) is 16.6 Å². The van der Waals surface area contributed by atoms with Crippen molar-refractivity contribution in [2.75, 3.05) is 17.2 Å². The standard InChI is InChI=1S/C26H25N5O4S/c32-26(33)17-28-24-10-6-9-23(30-24)19-31(36(34,35)25-11-4-5-16-27-25)18-20-12-14-22(15-13-20)29-21-7-2-1-3-8-21/h1-16,29H,17-19H2,(H,28,30)(H,32,33). The Kier molecular flexibility index (Phi) is 7.89. The predicted octanol–water partition coefficient (Wildman–Crippen LogP) is 4.11. The largest absolute Gasteiger partial charge is 0.480 e. The van der Waals surface area contributed by atoms with Crippen LogP contribution < -0.4 is 10.6 Å². The summed E-state index contributed by atoms with van der Waals surface area (Å²) < 4.78 is 28.3. The molecular formula is C26H25N5O4S. The summed E-state index contributed by atoms with van der Waals surface area (Å²) in [4.78, 5) is 19.3. The van der Waals surface area contributed by atoms with Gasteiger partial charge in [-0.25, -0.2) is 18.4 Å². The quantitative estimate of drug-likeness (QED) is 0.279. The van der Waals surface area contributed by atoms with Crippen LogP contribution in [0.4, 0.5) is 17.2 Å². The summed E-state index contributed by atoms with van der Waals surface area (Å²) >= 11 is 0. The number of carboxylic acids is 1. The summed E-state index contributed by atoms with van der Waals surface area (Å²) in [5, 5.41) is 14.8. The van der Waals surface area contributed by atoms with Crippen LogP contribution in [0.5, 0.6) is 0 Å². The van der Waals surface area contributed by atoms with Crippen LogP contribution in [0, 0.1) is 0 Å². The van der Waals surface area contributed by atoms with Gasteiger partial charge in [0.15, 0.2) is 5.03 Å². The number of aromatic nitrogens is 2. The van der Waals surface area contributed by atoms with Gasteiger partial charge < -0.3 is 15.7 Å². The second-order valence-corrected chi connectivity index (χ2v) is 9.78. The Morgan fingerprint density at radius 3 is 2.25 bits per heavy atom. The van der Waals surface area contributed by atoms with Crippen molar-refractivity contribution in [1.82, 2.24) is 14.3 Å². The minimum absolute atomic E-state index is 0.0223.